The van der Waals surface area contributed by atoms with Gasteiger partial charge >= 0.3 is 0 Å². The lowest BCUT2D eigenvalue weighted by Gasteiger charge is -2.32. The average molecular weight is 276 g/mol. The van der Waals surface area contributed by atoms with Crippen LogP contribution in [0.5, 0.6) is 11.5 Å². The molecule has 0 bridgehead atoms. The second-order valence-electron chi connectivity index (χ2n) is 5.80. The predicted molar refractivity (Wildman–Crippen MR) is 79.1 cm³/mol. The van der Waals surface area contributed by atoms with Crippen LogP contribution >= 0.6 is 0 Å². The fraction of sp³-hybridized carbons (Fsp3) is 0.625. The number of rotatable bonds is 5. The molecule has 1 aromatic carbocycles. The first-order chi connectivity index (χ1) is 9.85. The lowest BCUT2D eigenvalue weighted by atomic mass is 9.93. The largest absolute Gasteiger partial charge is 0.454 e. The molecule has 110 valence electrons. The van der Waals surface area contributed by atoms with Crippen LogP contribution in [0.25, 0.3) is 0 Å². The SMILES string of the molecule is CNCCC1CCN(Cc2ccc3c(c2)OCO3)CC1. The highest BCUT2D eigenvalue weighted by molar-refractivity contribution is 5.44. The van der Waals surface area contributed by atoms with Gasteiger partial charge in [0, 0.05) is 6.54 Å². The zero-order valence-corrected chi connectivity index (χ0v) is 12.2. The predicted octanol–water partition coefficient (Wildman–Crippen LogP) is 2.24. The van der Waals surface area contributed by atoms with Gasteiger partial charge in [0.1, 0.15) is 0 Å². The summed E-state index contributed by atoms with van der Waals surface area (Å²) >= 11 is 0. The summed E-state index contributed by atoms with van der Waals surface area (Å²) in [7, 11) is 2.04. The van der Waals surface area contributed by atoms with Crippen molar-refractivity contribution in [1.29, 1.82) is 0 Å². The number of piperidine rings is 1. The van der Waals surface area contributed by atoms with Crippen molar-refractivity contribution in [3.05, 3.63) is 23.8 Å². The highest BCUT2D eigenvalue weighted by atomic mass is 16.7. The maximum Gasteiger partial charge on any atom is 0.231 e. The Morgan fingerprint density at radius 3 is 2.80 bits per heavy atom. The molecule has 1 N–H and O–H groups in total. The molecule has 1 aromatic rings. The molecule has 0 amide bonds. The number of nitrogens with one attached hydrogen (secondary N) is 1. The molecule has 0 saturated carbocycles. The Kier molecular flexibility index (Phi) is 4.43. The van der Waals surface area contributed by atoms with Crippen molar-refractivity contribution < 1.29 is 9.47 Å². The number of hydrogen-bond donors (Lipinski definition) is 1. The topological polar surface area (TPSA) is 33.7 Å². The number of nitrogens with zero attached hydrogens (tertiary/aromatic N) is 1. The number of likely N-dealkylation sites (tertiary alicyclic amines) is 1. The smallest absolute Gasteiger partial charge is 0.231 e. The van der Waals surface area contributed by atoms with Gasteiger partial charge in [-0.05, 0) is 69.6 Å². The molecule has 2 heterocycles. The average Bonchev–Trinajstić information content (AvgIpc) is 2.94. The molecule has 3 rings (SSSR count). The van der Waals surface area contributed by atoms with E-state index in [0.717, 1.165) is 30.5 Å². The molecular formula is C16H24N2O2. The molecule has 0 radical (unpaired) electrons. The van der Waals surface area contributed by atoms with Crippen LogP contribution < -0.4 is 14.8 Å². The van der Waals surface area contributed by atoms with Gasteiger partial charge in [0.25, 0.3) is 0 Å². The zero-order valence-electron chi connectivity index (χ0n) is 12.2. The van der Waals surface area contributed by atoms with E-state index in [2.05, 4.69) is 22.3 Å². The van der Waals surface area contributed by atoms with Gasteiger partial charge in [-0.3, -0.25) is 4.90 Å². The van der Waals surface area contributed by atoms with Crippen molar-refractivity contribution in [1.82, 2.24) is 10.2 Å². The first kappa shape index (κ1) is 13.7. The molecule has 20 heavy (non-hydrogen) atoms. The number of fused-ring (bicyclic) bond motifs is 1. The minimum atomic E-state index is 0.357. The molecule has 0 aromatic heterocycles. The Hall–Kier alpha value is -1.26. The Labute approximate surface area is 121 Å². The van der Waals surface area contributed by atoms with Crippen molar-refractivity contribution in [3.8, 4) is 11.5 Å². The van der Waals surface area contributed by atoms with E-state index in [4.69, 9.17) is 9.47 Å². The molecule has 4 heteroatoms. The van der Waals surface area contributed by atoms with Crippen molar-refractivity contribution in [2.24, 2.45) is 5.92 Å². The normalized spacial score (nSPS) is 19.4. The molecule has 2 aliphatic rings. The summed E-state index contributed by atoms with van der Waals surface area (Å²) in [4.78, 5) is 2.55. The maximum atomic E-state index is 5.44. The second-order valence-corrected chi connectivity index (χ2v) is 5.80. The highest BCUT2D eigenvalue weighted by Gasteiger charge is 2.20. The van der Waals surface area contributed by atoms with E-state index in [1.165, 1.54) is 37.9 Å². The van der Waals surface area contributed by atoms with Crippen LogP contribution in [0, 0.1) is 5.92 Å². The van der Waals surface area contributed by atoms with E-state index in [0.29, 0.717) is 6.79 Å². The van der Waals surface area contributed by atoms with Crippen LogP contribution in [-0.4, -0.2) is 38.4 Å². The third-order valence-corrected chi connectivity index (χ3v) is 4.35. The summed E-state index contributed by atoms with van der Waals surface area (Å²) in [5.41, 5.74) is 1.32. The van der Waals surface area contributed by atoms with Gasteiger partial charge in [0.05, 0.1) is 0 Å². The highest BCUT2D eigenvalue weighted by Crippen LogP contribution is 2.33. The Morgan fingerprint density at radius 2 is 2.00 bits per heavy atom. The second kappa shape index (κ2) is 6.46. The van der Waals surface area contributed by atoms with Gasteiger partial charge in [0.15, 0.2) is 11.5 Å². The van der Waals surface area contributed by atoms with Gasteiger partial charge in [-0.15, -0.1) is 0 Å². The van der Waals surface area contributed by atoms with Crippen molar-refractivity contribution in [2.45, 2.75) is 25.8 Å². The lowest BCUT2D eigenvalue weighted by Crippen LogP contribution is -2.34. The summed E-state index contributed by atoms with van der Waals surface area (Å²) in [5.74, 6) is 2.67. The quantitative estimate of drug-likeness (QED) is 0.894. The van der Waals surface area contributed by atoms with Gasteiger partial charge in [-0.1, -0.05) is 6.07 Å². The summed E-state index contributed by atoms with van der Waals surface area (Å²) in [5, 5.41) is 3.25. The number of ether oxygens (including phenoxy) is 2. The minimum absolute atomic E-state index is 0.357. The Morgan fingerprint density at radius 1 is 1.20 bits per heavy atom. The van der Waals surface area contributed by atoms with E-state index in [1.54, 1.807) is 0 Å². The fourth-order valence-electron chi connectivity index (χ4n) is 3.08. The van der Waals surface area contributed by atoms with Crippen LogP contribution in [0.3, 0.4) is 0 Å². The van der Waals surface area contributed by atoms with Gasteiger partial charge in [0.2, 0.25) is 6.79 Å². The van der Waals surface area contributed by atoms with E-state index in [1.807, 2.05) is 13.1 Å². The Balaban J connectivity index is 1.50. The van der Waals surface area contributed by atoms with Gasteiger partial charge < -0.3 is 14.8 Å². The van der Waals surface area contributed by atoms with Crippen molar-refractivity contribution >= 4 is 0 Å². The van der Waals surface area contributed by atoms with E-state index in [9.17, 15) is 0 Å². The molecule has 0 spiro atoms. The third kappa shape index (κ3) is 3.25. The molecule has 1 saturated heterocycles. The maximum absolute atomic E-state index is 5.44. The molecule has 0 aliphatic carbocycles. The molecular weight excluding hydrogens is 252 g/mol. The molecule has 0 unspecified atom stereocenters. The zero-order chi connectivity index (χ0) is 13.8. The first-order valence-corrected chi connectivity index (χ1v) is 7.60. The summed E-state index contributed by atoms with van der Waals surface area (Å²) < 4.78 is 10.8. The van der Waals surface area contributed by atoms with Crippen molar-refractivity contribution in [2.75, 3.05) is 33.5 Å². The molecule has 1 fully saturated rings. The van der Waals surface area contributed by atoms with Crippen LogP contribution in [0.2, 0.25) is 0 Å². The first-order valence-electron chi connectivity index (χ1n) is 7.60. The standard InChI is InChI=1S/C16H24N2O2/c1-17-7-4-13-5-8-18(9-6-13)11-14-2-3-15-16(10-14)20-12-19-15/h2-3,10,13,17H,4-9,11-12H2,1H3. The molecule has 0 atom stereocenters. The number of hydrogen-bond acceptors (Lipinski definition) is 4. The van der Waals surface area contributed by atoms with E-state index in [-0.39, 0.29) is 0 Å². The summed E-state index contributed by atoms with van der Waals surface area (Å²) in [6.45, 7) is 4.95. The lowest BCUT2D eigenvalue weighted by molar-refractivity contribution is 0.171. The fourth-order valence-corrected chi connectivity index (χ4v) is 3.08. The van der Waals surface area contributed by atoms with Crippen molar-refractivity contribution in [3.63, 3.8) is 0 Å². The van der Waals surface area contributed by atoms with Crippen LogP contribution in [-0.2, 0) is 6.54 Å². The minimum Gasteiger partial charge on any atom is -0.454 e. The van der Waals surface area contributed by atoms with Gasteiger partial charge in [-0.2, -0.15) is 0 Å². The summed E-state index contributed by atoms with van der Waals surface area (Å²) in [6, 6.07) is 6.30. The number of benzene rings is 1. The summed E-state index contributed by atoms with van der Waals surface area (Å²) in [6.07, 6.45) is 3.97. The van der Waals surface area contributed by atoms with Crippen LogP contribution in [0.15, 0.2) is 18.2 Å². The van der Waals surface area contributed by atoms with E-state index >= 15 is 0 Å². The van der Waals surface area contributed by atoms with Crippen LogP contribution in [0.4, 0.5) is 0 Å². The Bertz CT molecular complexity index is 442. The van der Waals surface area contributed by atoms with Gasteiger partial charge in [-0.25, -0.2) is 0 Å². The van der Waals surface area contributed by atoms with E-state index < -0.39 is 0 Å². The van der Waals surface area contributed by atoms with Crippen LogP contribution in [0.1, 0.15) is 24.8 Å². The third-order valence-electron chi connectivity index (χ3n) is 4.35. The molecule has 2 aliphatic heterocycles. The molecule has 4 nitrogen and oxygen atoms in total. The monoisotopic (exact) mass is 276 g/mol.